The van der Waals surface area contributed by atoms with Crippen LogP contribution in [0.3, 0.4) is 0 Å². The molecule has 1 aliphatic rings. The molecular weight excluding hydrogens is 224 g/mol. The monoisotopic (exact) mass is 244 g/mol. The summed E-state index contributed by atoms with van der Waals surface area (Å²) in [5, 5.41) is 0. The molecule has 3 rings (SSSR count). The molecule has 0 amide bonds. The van der Waals surface area contributed by atoms with E-state index in [1.165, 1.54) is 24.8 Å². The number of rotatable bonds is 3. The fourth-order valence-corrected chi connectivity index (χ4v) is 2.63. The molecule has 1 aromatic carbocycles. The summed E-state index contributed by atoms with van der Waals surface area (Å²) in [7, 11) is 0. The second-order valence-corrected chi connectivity index (χ2v) is 5.23. The number of aromatic amines is 1. The zero-order valence-electron chi connectivity index (χ0n) is 10.9. The highest BCUT2D eigenvalue weighted by atomic mass is 16.5. The van der Waals surface area contributed by atoms with E-state index in [2.05, 4.69) is 35.1 Å². The van der Waals surface area contributed by atoms with Crippen molar-refractivity contribution >= 4 is 11.0 Å². The zero-order chi connectivity index (χ0) is 12.4. The highest BCUT2D eigenvalue weighted by molar-refractivity contribution is 5.75. The molecule has 1 fully saturated rings. The fourth-order valence-electron chi connectivity index (χ4n) is 2.63. The second kappa shape index (κ2) is 5.11. The average molecular weight is 244 g/mol. The van der Waals surface area contributed by atoms with E-state index in [9.17, 15) is 0 Å². The molecule has 1 aromatic heterocycles. The lowest BCUT2D eigenvalue weighted by Crippen LogP contribution is -2.19. The van der Waals surface area contributed by atoms with Crippen LogP contribution in [0.15, 0.2) is 18.2 Å². The van der Waals surface area contributed by atoms with Crippen LogP contribution in [0.1, 0.15) is 37.1 Å². The SMILES string of the molecule is Cc1ccc2nc(CCC3CCCCO3)[nH]c2c1. The molecule has 0 radical (unpaired) electrons. The molecule has 0 aliphatic carbocycles. The first-order valence-corrected chi connectivity index (χ1v) is 6.88. The van der Waals surface area contributed by atoms with Crippen LogP contribution in [-0.2, 0) is 11.2 Å². The summed E-state index contributed by atoms with van der Waals surface area (Å²) >= 11 is 0. The first kappa shape index (κ1) is 11.7. The molecular formula is C15H20N2O. The van der Waals surface area contributed by atoms with Gasteiger partial charge in [-0.2, -0.15) is 0 Å². The Bertz CT molecular complexity index is 526. The minimum absolute atomic E-state index is 0.439. The van der Waals surface area contributed by atoms with Gasteiger partial charge in [0.2, 0.25) is 0 Å². The van der Waals surface area contributed by atoms with Gasteiger partial charge in [0, 0.05) is 13.0 Å². The van der Waals surface area contributed by atoms with Crippen molar-refractivity contribution in [1.29, 1.82) is 0 Å². The van der Waals surface area contributed by atoms with Gasteiger partial charge in [0.15, 0.2) is 0 Å². The number of ether oxygens (including phenoxy) is 1. The van der Waals surface area contributed by atoms with Crippen LogP contribution in [0.2, 0.25) is 0 Å². The van der Waals surface area contributed by atoms with Gasteiger partial charge in [-0.3, -0.25) is 0 Å². The summed E-state index contributed by atoms with van der Waals surface area (Å²) < 4.78 is 5.75. The molecule has 1 saturated heterocycles. The van der Waals surface area contributed by atoms with E-state index in [0.717, 1.165) is 36.3 Å². The van der Waals surface area contributed by atoms with Crippen LogP contribution in [0.4, 0.5) is 0 Å². The van der Waals surface area contributed by atoms with Gasteiger partial charge in [-0.05, 0) is 50.3 Å². The first-order chi connectivity index (χ1) is 8.81. The van der Waals surface area contributed by atoms with Crippen molar-refractivity contribution in [3.8, 4) is 0 Å². The van der Waals surface area contributed by atoms with Crippen molar-refractivity contribution in [2.45, 2.75) is 45.1 Å². The molecule has 3 nitrogen and oxygen atoms in total. The lowest BCUT2D eigenvalue weighted by atomic mass is 10.0. The largest absolute Gasteiger partial charge is 0.378 e. The number of nitrogens with zero attached hydrogens (tertiary/aromatic N) is 1. The number of imidazole rings is 1. The number of aromatic nitrogens is 2. The normalized spacial score (nSPS) is 20.4. The van der Waals surface area contributed by atoms with Crippen molar-refractivity contribution in [3.63, 3.8) is 0 Å². The van der Waals surface area contributed by atoms with Crippen LogP contribution in [0.25, 0.3) is 11.0 Å². The van der Waals surface area contributed by atoms with Gasteiger partial charge in [0.25, 0.3) is 0 Å². The Morgan fingerprint density at radius 3 is 3.17 bits per heavy atom. The van der Waals surface area contributed by atoms with Crippen LogP contribution < -0.4 is 0 Å². The van der Waals surface area contributed by atoms with Crippen LogP contribution in [0.5, 0.6) is 0 Å². The van der Waals surface area contributed by atoms with Gasteiger partial charge in [-0.25, -0.2) is 4.98 Å². The quantitative estimate of drug-likeness (QED) is 0.898. The van der Waals surface area contributed by atoms with E-state index in [1.807, 2.05) is 0 Å². The summed E-state index contributed by atoms with van der Waals surface area (Å²) in [6.07, 6.45) is 6.25. The molecule has 96 valence electrons. The lowest BCUT2D eigenvalue weighted by molar-refractivity contribution is 0.0112. The number of benzene rings is 1. The highest BCUT2D eigenvalue weighted by Gasteiger charge is 2.14. The Labute approximate surface area is 108 Å². The number of hydrogen-bond donors (Lipinski definition) is 1. The lowest BCUT2D eigenvalue weighted by Gasteiger charge is -2.21. The molecule has 3 heteroatoms. The number of hydrogen-bond acceptors (Lipinski definition) is 2. The Morgan fingerprint density at radius 2 is 2.33 bits per heavy atom. The third kappa shape index (κ3) is 2.56. The maximum Gasteiger partial charge on any atom is 0.107 e. The molecule has 1 N–H and O–H groups in total. The third-order valence-electron chi connectivity index (χ3n) is 3.66. The van der Waals surface area contributed by atoms with E-state index in [1.54, 1.807) is 0 Å². The predicted molar refractivity (Wildman–Crippen MR) is 72.7 cm³/mol. The summed E-state index contributed by atoms with van der Waals surface area (Å²) in [6.45, 7) is 3.04. The van der Waals surface area contributed by atoms with Gasteiger partial charge >= 0.3 is 0 Å². The standard InChI is InChI=1S/C15H20N2O/c1-11-5-7-13-14(10-11)17-15(16-13)8-6-12-4-2-3-9-18-12/h5,7,10,12H,2-4,6,8-9H2,1H3,(H,16,17). The Hall–Kier alpha value is -1.35. The molecule has 0 bridgehead atoms. The molecule has 18 heavy (non-hydrogen) atoms. The molecule has 1 aliphatic heterocycles. The van der Waals surface area contributed by atoms with Crippen LogP contribution >= 0.6 is 0 Å². The Kier molecular flexibility index (Phi) is 3.33. The molecule has 1 atom stereocenters. The summed E-state index contributed by atoms with van der Waals surface area (Å²) in [5.74, 6) is 1.09. The Balaban J connectivity index is 1.67. The van der Waals surface area contributed by atoms with Crippen molar-refractivity contribution in [2.24, 2.45) is 0 Å². The topological polar surface area (TPSA) is 37.9 Å². The number of aryl methyl sites for hydroxylation is 2. The van der Waals surface area contributed by atoms with E-state index in [4.69, 9.17) is 4.74 Å². The van der Waals surface area contributed by atoms with E-state index >= 15 is 0 Å². The van der Waals surface area contributed by atoms with Crippen LogP contribution in [0, 0.1) is 6.92 Å². The molecule has 0 spiro atoms. The minimum atomic E-state index is 0.439. The van der Waals surface area contributed by atoms with Gasteiger partial charge < -0.3 is 9.72 Å². The van der Waals surface area contributed by atoms with Crippen LogP contribution in [-0.4, -0.2) is 22.7 Å². The number of nitrogens with one attached hydrogen (secondary N) is 1. The van der Waals surface area contributed by atoms with Crippen molar-refractivity contribution in [1.82, 2.24) is 9.97 Å². The van der Waals surface area contributed by atoms with Crippen molar-refractivity contribution in [2.75, 3.05) is 6.61 Å². The van der Waals surface area contributed by atoms with E-state index in [0.29, 0.717) is 6.10 Å². The van der Waals surface area contributed by atoms with Crippen molar-refractivity contribution in [3.05, 3.63) is 29.6 Å². The molecule has 2 aromatic rings. The highest BCUT2D eigenvalue weighted by Crippen LogP contribution is 2.19. The van der Waals surface area contributed by atoms with Gasteiger partial charge in [-0.15, -0.1) is 0 Å². The fraction of sp³-hybridized carbons (Fsp3) is 0.533. The van der Waals surface area contributed by atoms with Crippen molar-refractivity contribution < 1.29 is 4.74 Å². The Morgan fingerprint density at radius 1 is 1.39 bits per heavy atom. The predicted octanol–water partition coefficient (Wildman–Crippen LogP) is 3.37. The molecule has 1 unspecified atom stereocenters. The summed E-state index contributed by atoms with van der Waals surface area (Å²) in [6, 6.07) is 6.35. The average Bonchev–Trinajstić information content (AvgIpc) is 2.79. The maximum atomic E-state index is 5.75. The zero-order valence-corrected chi connectivity index (χ0v) is 10.9. The minimum Gasteiger partial charge on any atom is -0.378 e. The summed E-state index contributed by atoms with van der Waals surface area (Å²) in [4.78, 5) is 8.04. The third-order valence-corrected chi connectivity index (χ3v) is 3.66. The number of H-pyrrole nitrogens is 1. The van der Waals surface area contributed by atoms with Gasteiger partial charge in [0.05, 0.1) is 17.1 Å². The smallest absolute Gasteiger partial charge is 0.107 e. The van der Waals surface area contributed by atoms with E-state index < -0.39 is 0 Å². The van der Waals surface area contributed by atoms with Gasteiger partial charge in [0.1, 0.15) is 5.82 Å². The molecule has 0 saturated carbocycles. The first-order valence-electron chi connectivity index (χ1n) is 6.88. The number of fused-ring (bicyclic) bond motifs is 1. The second-order valence-electron chi connectivity index (χ2n) is 5.23. The molecule has 2 heterocycles. The van der Waals surface area contributed by atoms with E-state index in [-0.39, 0.29) is 0 Å². The van der Waals surface area contributed by atoms with Gasteiger partial charge in [-0.1, -0.05) is 6.07 Å². The summed E-state index contributed by atoms with van der Waals surface area (Å²) in [5.41, 5.74) is 3.49. The maximum absolute atomic E-state index is 5.75.